The summed E-state index contributed by atoms with van der Waals surface area (Å²) < 4.78 is 0. The molecule has 0 saturated carbocycles. The summed E-state index contributed by atoms with van der Waals surface area (Å²) >= 11 is 11.9. The zero-order valence-corrected chi connectivity index (χ0v) is 10.8. The van der Waals surface area contributed by atoms with Crippen LogP contribution < -0.4 is 11.1 Å². The van der Waals surface area contributed by atoms with E-state index < -0.39 is 4.92 Å². The summed E-state index contributed by atoms with van der Waals surface area (Å²) in [6.07, 6.45) is 0.806. The van der Waals surface area contributed by atoms with Crippen molar-refractivity contribution in [1.82, 2.24) is 0 Å². The number of non-ortho nitro benzene ring substituents is 1. The number of hydrogen-bond acceptors (Lipinski definition) is 4. The number of rotatable bonds is 5. The van der Waals surface area contributed by atoms with E-state index in [2.05, 4.69) is 5.32 Å². The van der Waals surface area contributed by atoms with E-state index in [0.29, 0.717) is 12.2 Å². The van der Waals surface area contributed by atoms with Gasteiger partial charge in [-0.15, -0.1) is 0 Å². The van der Waals surface area contributed by atoms with E-state index >= 15 is 0 Å². The molecule has 0 fully saturated rings. The Bertz CT molecular complexity index is 399. The summed E-state index contributed by atoms with van der Waals surface area (Å²) in [4.78, 5) is 10.1. The number of nitrogens with two attached hydrogens (primary N) is 1. The summed E-state index contributed by atoms with van der Waals surface area (Å²) in [7, 11) is 0. The highest BCUT2D eigenvalue weighted by atomic mass is 35.5. The molecule has 0 aliphatic rings. The van der Waals surface area contributed by atoms with Crippen LogP contribution in [0.25, 0.3) is 0 Å². The monoisotopic (exact) mass is 277 g/mol. The molecule has 0 saturated heterocycles. The highest BCUT2D eigenvalue weighted by molar-refractivity contribution is 6.39. The van der Waals surface area contributed by atoms with E-state index in [-0.39, 0.29) is 21.8 Å². The van der Waals surface area contributed by atoms with Gasteiger partial charge in [0.1, 0.15) is 0 Å². The Morgan fingerprint density at radius 3 is 2.35 bits per heavy atom. The van der Waals surface area contributed by atoms with Crippen LogP contribution in [0.1, 0.15) is 13.3 Å². The van der Waals surface area contributed by atoms with Crippen molar-refractivity contribution in [1.29, 1.82) is 0 Å². The Morgan fingerprint density at radius 1 is 1.47 bits per heavy atom. The highest BCUT2D eigenvalue weighted by Gasteiger charge is 2.16. The average Bonchev–Trinajstić information content (AvgIpc) is 2.28. The molecule has 94 valence electrons. The number of nitro benzene ring substituents is 1. The van der Waals surface area contributed by atoms with Crippen molar-refractivity contribution in [3.8, 4) is 0 Å². The maximum Gasteiger partial charge on any atom is 0.272 e. The number of hydrogen-bond donors (Lipinski definition) is 2. The molecule has 0 aromatic heterocycles. The van der Waals surface area contributed by atoms with Crippen LogP contribution >= 0.6 is 23.2 Å². The van der Waals surface area contributed by atoms with Crippen LogP contribution in [0.3, 0.4) is 0 Å². The smallest absolute Gasteiger partial charge is 0.272 e. The SMILES string of the molecule is CCC(CN)Nc1c(Cl)cc([N+](=O)[O-])cc1Cl. The molecule has 1 unspecified atom stereocenters. The molecule has 0 bridgehead atoms. The molecule has 0 aliphatic carbocycles. The van der Waals surface area contributed by atoms with Crippen LogP contribution in [0.15, 0.2) is 12.1 Å². The van der Waals surface area contributed by atoms with Gasteiger partial charge in [-0.25, -0.2) is 0 Å². The third-order valence-corrected chi connectivity index (χ3v) is 2.96. The van der Waals surface area contributed by atoms with Crippen LogP contribution in [0, 0.1) is 10.1 Å². The molecule has 1 aromatic rings. The van der Waals surface area contributed by atoms with E-state index in [1.54, 1.807) is 0 Å². The molecule has 1 atom stereocenters. The zero-order chi connectivity index (χ0) is 13.0. The van der Waals surface area contributed by atoms with Crippen molar-refractivity contribution in [2.24, 2.45) is 5.73 Å². The van der Waals surface area contributed by atoms with Gasteiger partial charge in [0.05, 0.1) is 20.7 Å². The third-order valence-electron chi connectivity index (χ3n) is 2.36. The molecule has 1 rings (SSSR count). The van der Waals surface area contributed by atoms with E-state index in [1.807, 2.05) is 6.92 Å². The minimum atomic E-state index is -0.540. The molecule has 3 N–H and O–H groups in total. The maximum atomic E-state index is 10.6. The van der Waals surface area contributed by atoms with Gasteiger partial charge in [-0.1, -0.05) is 30.1 Å². The van der Waals surface area contributed by atoms with Gasteiger partial charge in [-0.05, 0) is 6.42 Å². The first-order chi connectivity index (χ1) is 7.99. The predicted molar refractivity (Wildman–Crippen MR) is 69.9 cm³/mol. The Kier molecular flexibility index (Phi) is 4.99. The summed E-state index contributed by atoms with van der Waals surface area (Å²) in [5, 5.41) is 14.1. The fraction of sp³-hybridized carbons (Fsp3) is 0.400. The van der Waals surface area contributed by atoms with Gasteiger partial charge in [-0.3, -0.25) is 10.1 Å². The van der Waals surface area contributed by atoms with Crippen molar-refractivity contribution >= 4 is 34.6 Å². The standard InChI is InChI=1S/C10H13Cl2N3O2/c1-2-6(5-13)14-10-8(11)3-7(15(16)17)4-9(10)12/h3-4,6,14H,2,5,13H2,1H3. The van der Waals surface area contributed by atoms with Crippen molar-refractivity contribution in [2.45, 2.75) is 19.4 Å². The fourth-order valence-corrected chi connectivity index (χ4v) is 1.92. The van der Waals surface area contributed by atoms with Crippen molar-refractivity contribution < 1.29 is 4.92 Å². The Morgan fingerprint density at radius 2 is 2.00 bits per heavy atom. The molecule has 7 heteroatoms. The molecule has 0 spiro atoms. The summed E-state index contributed by atoms with van der Waals surface area (Å²) in [6, 6.07) is 2.56. The van der Waals surface area contributed by atoms with Crippen molar-refractivity contribution in [3.05, 3.63) is 32.3 Å². The van der Waals surface area contributed by atoms with Crippen molar-refractivity contribution in [2.75, 3.05) is 11.9 Å². The first-order valence-electron chi connectivity index (χ1n) is 5.09. The van der Waals surface area contributed by atoms with E-state index in [0.717, 1.165) is 6.42 Å². The van der Waals surface area contributed by atoms with Gasteiger partial charge >= 0.3 is 0 Å². The lowest BCUT2D eigenvalue weighted by Gasteiger charge is -2.18. The predicted octanol–water partition coefficient (Wildman–Crippen LogP) is 3.05. The van der Waals surface area contributed by atoms with Crippen molar-refractivity contribution in [3.63, 3.8) is 0 Å². The van der Waals surface area contributed by atoms with Gasteiger partial charge in [-0.2, -0.15) is 0 Å². The van der Waals surface area contributed by atoms with Gasteiger partial charge in [0.25, 0.3) is 5.69 Å². The second-order valence-corrected chi connectivity index (χ2v) is 4.34. The van der Waals surface area contributed by atoms with E-state index in [4.69, 9.17) is 28.9 Å². The number of anilines is 1. The lowest BCUT2D eigenvalue weighted by molar-refractivity contribution is -0.384. The molecular formula is C10H13Cl2N3O2. The fourth-order valence-electron chi connectivity index (χ4n) is 1.33. The lowest BCUT2D eigenvalue weighted by Crippen LogP contribution is -2.28. The van der Waals surface area contributed by atoms with Gasteiger partial charge in [0.15, 0.2) is 0 Å². The summed E-state index contributed by atoms with van der Waals surface area (Å²) in [5.74, 6) is 0. The highest BCUT2D eigenvalue weighted by Crippen LogP contribution is 2.35. The molecule has 0 radical (unpaired) electrons. The maximum absolute atomic E-state index is 10.6. The summed E-state index contributed by atoms with van der Waals surface area (Å²) in [5.41, 5.74) is 5.90. The lowest BCUT2D eigenvalue weighted by atomic mass is 10.2. The van der Waals surface area contributed by atoms with Gasteiger partial charge in [0.2, 0.25) is 0 Å². The Labute approximate surface area is 109 Å². The Balaban J connectivity index is 3.05. The Hall–Kier alpha value is -1.04. The largest absolute Gasteiger partial charge is 0.379 e. The number of halogens is 2. The van der Waals surface area contributed by atoms with E-state index in [9.17, 15) is 10.1 Å². The minimum absolute atomic E-state index is 0.0338. The molecule has 0 heterocycles. The normalized spacial score (nSPS) is 12.2. The molecule has 17 heavy (non-hydrogen) atoms. The van der Waals surface area contributed by atoms with Crippen LogP contribution in [-0.4, -0.2) is 17.5 Å². The van der Waals surface area contributed by atoms with E-state index in [1.165, 1.54) is 12.1 Å². The number of nitro groups is 1. The summed E-state index contributed by atoms with van der Waals surface area (Å²) in [6.45, 7) is 2.40. The minimum Gasteiger partial charge on any atom is -0.379 e. The first-order valence-corrected chi connectivity index (χ1v) is 5.85. The van der Waals surface area contributed by atoms with Crippen LogP contribution in [-0.2, 0) is 0 Å². The number of nitrogens with zero attached hydrogens (tertiary/aromatic N) is 1. The third kappa shape index (κ3) is 3.46. The van der Waals surface area contributed by atoms with Crippen LogP contribution in [0.5, 0.6) is 0 Å². The zero-order valence-electron chi connectivity index (χ0n) is 9.24. The quantitative estimate of drug-likeness (QED) is 0.640. The topological polar surface area (TPSA) is 81.2 Å². The molecule has 0 amide bonds. The second-order valence-electron chi connectivity index (χ2n) is 3.53. The molecule has 1 aromatic carbocycles. The van der Waals surface area contributed by atoms with Gasteiger partial charge < -0.3 is 11.1 Å². The molecule has 5 nitrogen and oxygen atoms in total. The first kappa shape index (κ1) is 14.0. The second kappa shape index (κ2) is 6.05. The average molecular weight is 278 g/mol. The molecular weight excluding hydrogens is 265 g/mol. The van der Waals surface area contributed by atoms with Gasteiger partial charge in [0, 0.05) is 24.7 Å². The number of nitrogens with one attached hydrogen (secondary N) is 1. The van der Waals surface area contributed by atoms with Crippen LogP contribution in [0.4, 0.5) is 11.4 Å². The van der Waals surface area contributed by atoms with Crippen LogP contribution in [0.2, 0.25) is 10.0 Å². The number of benzene rings is 1. The molecule has 0 aliphatic heterocycles.